The molecule has 0 bridgehead atoms. The van der Waals surface area contributed by atoms with Gasteiger partial charge in [0.1, 0.15) is 7.80 Å². The predicted molar refractivity (Wildman–Crippen MR) is 149 cm³/mol. The van der Waals surface area contributed by atoms with E-state index in [1.54, 1.807) is 48.5 Å². The van der Waals surface area contributed by atoms with Crippen LogP contribution >= 0.6 is 7.80 Å². The summed E-state index contributed by atoms with van der Waals surface area (Å²) in [6.07, 6.45) is 0. The third kappa shape index (κ3) is 4.52. The fourth-order valence-corrected chi connectivity index (χ4v) is 6.27. The average Bonchev–Trinajstić information content (AvgIpc) is 2.89. The van der Waals surface area contributed by atoms with Gasteiger partial charge in [0.15, 0.2) is 11.6 Å². The molecule has 0 saturated heterocycles. The highest BCUT2D eigenvalue weighted by molar-refractivity contribution is 7.62. The van der Waals surface area contributed by atoms with Crippen molar-refractivity contribution in [3.63, 3.8) is 0 Å². The van der Waals surface area contributed by atoms with Gasteiger partial charge in [-0.3, -0.25) is 9.59 Å². The first kappa shape index (κ1) is 25.5. The van der Waals surface area contributed by atoms with Crippen LogP contribution in [0.2, 0.25) is 0 Å². The second kappa shape index (κ2) is 10.2. The van der Waals surface area contributed by atoms with Gasteiger partial charge in [0, 0.05) is 32.9 Å². The van der Waals surface area contributed by atoms with Crippen LogP contribution < -0.4 is 10.6 Å². The molecule has 0 radical (unpaired) electrons. The number of carbonyl (C=O) groups excluding carboxylic acids is 2. The summed E-state index contributed by atoms with van der Waals surface area (Å²) in [6.45, 7) is 11.9. The van der Waals surface area contributed by atoms with Gasteiger partial charge in [-0.25, -0.2) is 0 Å². The molecule has 0 aromatic heterocycles. The molecule has 0 aliphatic rings. The maximum absolute atomic E-state index is 14.1. The van der Waals surface area contributed by atoms with Crippen LogP contribution in [0.5, 0.6) is 0 Å². The molecular formula is C32H31O3P. The molecule has 182 valence electrons. The van der Waals surface area contributed by atoms with E-state index in [0.717, 1.165) is 33.4 Å². The summed E-state index contributed by atoms with van der Waals surface area (Å²) in [7, 11) is -2.66. The van der Waals surface area contributed by atoms with Crippen molar-refractivity contribution in [2.24, 2.45) is 0 Å². The van der Waals surface area contributed by atoms with Gasteiger partial charge in [0.2, 0.25) is 0 Å². The number of ketones is 2. The van der Waals surface area contributed by atoms with E-state index in [4.69, 9.17) is 0 Å². The Balaban J connectivity index is 1.81. The van der Waals surface area contributed by atoms with E-state index in [-0.39, 0.29) is 11.6 Å². The number of rotatable bonds is 6. The average molecular weight is 495 g/mol. The lowest BCUT2D eigenvalue weighted by Crippen LogP contribution is -2.21. The van der Waals surface area contributed by atoms with Gasteiger partial charge >= 0.3 is 0 Å². The molecule has 0 amide bonds. The molecule has 0 N–H and O–H groups in total. The van der Waals surface area contributed by atoms with Gasteiger partial charge in [-0.2, -0.15) is 0 Å². The maximum Gasteiger partial charge on any atom is 0.194 e. The number of carbonyl (C=O) groups is 2. The molecule has 3 nitrogen and oxygen atoms in total. The Morgan fingerprint density at radius 2 is 0.833 bits per heavy atom. The standard InChI is InChI=1S/C32H31O3P/c1-19-15-17-25(23(5)21(19)3)31(33)27-11-7-9-13-29(27)36(35)30-14-10-8-12-28(30)32(34)26-18-16-20(2)22(4)24(26)6/h7-18,36H,1-6H3. The molecule has 4 aromatic carbocycles. The summed E-state index contributed by atoms with van der Waals surface area (Å²) in [5.74, 6) is -0.309. The van der Waals surface area contributed by atoms with Crippen LogP contribution in [0.15, 0.2) is 72.8 Å². The van der Waals surface area contributed by atoms with Gasteiger partial charge in [0.05, 0.1) is 0 Å². The van der Waals surface area contributed by atoms with Crippen molar-refractivity contribution in [3.8, 4) is 0 Å². The van der Waals surface area contributed by atoms with Crippen LogP contribution in [0.25, 0.3) is 0 Å². The predicted octanol–water partition coefficient (Wildman–Crippen LogP) is 6.51. The highest BCUT2D eigenvalue weighted by atomic mass is 31.1. The number of benzene rings is 4. The summed E-state index contributed by atoms with van der Waals surface area (Å²) in [6, 6.07) is 21.7. The van der Waals surface area contributed by atoms with Crippen LogP contribution in [0.4, 0.5) is 0 Å². The zero-order chi connectivity index (χ0) is 26.1. The molecule has 0 aliphatic carbocycles. The highest BCUT2D eigenvalue weighted by Crippen LogP contribution is 2.28. The topological polar surface area (TPSA) is 51.2 Å². The maximum atomic E-state index is 14.1. The van der Waals surface area contributed by atoms with Crippen molar-refractivity contribution >= 4 is 30.0 Å². The minimum absolute atomic E-state index is 0.154. The Kier molecular flexibility index (Phi) is 7.24. The van der Waals surface area contributed by atoms with Gasteiger partial charge in [0.25, 0.3) is 0 Å². The zero-order valence-corrected chi connectivity index (χ0v) is 22.7. The Hall–Kier alpha value is -3.55. The monoisotopic (exact) mass is 494 g/mol. The van der Waals surface area contributed by atoms with Crippen molar-refractivity contribution in [2.75, 3.05) is 0 Å². The molecule has 0 unspecified atom stereocenters. The fourth-order valence-electron chi connectivity index (χ4n) is 4.60. The number of aryl methyl sites for hydroxylation is 2. The number of hydrogen-bond donors (Lipinski definition) is 0. The van der Waals surface area contributed by atoms with E-state index >= 15 is 0 Å². The molecule has 4 heteroatoms. The molecule has 4 rings (SSSR count). The van der Waals surface area contributed by atoms with Crippen molar-refractivity contribution < 1.29 is 14.2 Å². The summed E-state index contributed by atoms with van der Waals surface area (Å²) < 4.78 is 14.1. The van der Waals surface area contributed by atoms with Crippen LogP contribution in [-0.4, -0.2) is 11.6 Å². The lowest BCUT2D eigenvalue weighted by atomic mass is 9.93. The van der Waals surface area contributed by atoms with Crippen molar-refractivity contribution in [3.05, 3.63) is 128 Å². The Morgan fingerprint density at radius 1 is 0.472 bits per heavy atom. The Labute approximate surface area is 214 Å². The van der Waals surface area contributed by atoms with Crippen LogP contribution in [0, 0.1) is 41.5 Å². The van der Waals surface area contributed by atoms with Gasteiger partial charge in [-0.05, 0) is 74.9 Å². The zero-order valence-electron chi connectivity index (χ0n) is 21.7. The highest BCUT2D eigenvalue weighted by Gasteiger charge is 2.24. The largest absolute Gasteiger partial charge is 0.317 e. The Morgan fingerprint density at radius 3 is 1.22 bits per heavy atom. The van der Waals surface area contributed by atoms with Gasteiger partial charge < -0.3 is 4.57 Å². The van der Waals surface area contributed by atoms with E-state index in [1.165, 1.54) is 0 Å². The summed E-state index contributed by atoms with van der Waals surface area (Å²) in [5, 5.41) is 0.948. The molecule has 36 heavy (non-hydrogen) atoms. The minimum Gasteiger partial charge on any atom is -0.317 e. The van der Waals surface area contributed by atoms with E-state index < -0.39 is 7.80 Å². The van der Waals surface area contributed by atoms with Crippen LogP contribution in [0.1, 0.15) is 65.2 Å². The summed E-state index contributed by atoms with van der Waals surface area (Å²) >= 11 is 0. The molecule has 0 atom stereocenters. The Bertz CT molecular complexity index is 1430. The lowest BCUT2D eigenvalue weighted by Gasteiger charge is -2.15. The molecular weight excluding hydrogens is 463 g/mol. The molecule has 4 aromatic rings. The van der Waals surface area contributed by atoms with E-state index in [9.17, 15) is 14.2 Å². The number of hydrogen-bond acceptors (Lipinski definition) is 3. The van der Waals surface area contributed by atoms with E-state index in [2.05, 4.69) is 0 Å². The lowest BCUT2D eigenvalue weighted by molar-refractivity contribution is 0.103. The first-order chi connectivity index (χ1) is 17.1. The van der Waals surface area contributed by atoms with Crippen LogP contribution in [-0.2, 0) is 4.57 Å². The third-order valence-electron chi connectivity index (χ3n) is 7.44. The normalized spacial score (nSPS) is 11.1. The quantitative estimate of drug-likeness (QED) is 0.227. The van der Waals surface area contributed by atoms with Gasteiger partial charge in [-0.15, -0.1) is 0 Å². The van der Waals surface area contributed by atoms with Crippen molar-refractivity contribution in [1.82, 2.24) is 0 Å². The second-order valence-corrected chi connectivity index (χ2v) is 11.2. The summed E-state index contributed by atoms with van der Waals surface area (Å²) in [5.41, 5.74) is 8.29. The third-order valence-corrected chi connectivity index (χ3v) is 9.29. The molecule has 0 spiro atoms. The van der Waals surface area contributed by atoms with E-state index in [1.807, 2.05) is 65.8 Å². The molecule has 0 heterocycles. The molecule has 0 aliphatic heterocycles. The van der Waals surface area contributed by atoms with Crippen molar-refractivity contribution in [1.29, 1.82) is 0 Å². The van der Waals surface area contributed by atoms with Crippen LogP contribution in [0.3, 0.4) is 0 Å². The molecule has 0 saturated carbocycles. The first-order valence-electron chi connectivity index (χ1n) is 12.1. The van der Waals surface area contributed by atoms with Crippen molar-refractivity contribution in [2.45, 2.75) is 41.5 Å². The first-order valence-corrected chi connectivity index (χ1v) is 13.5. The minimum atomic E-state index is -2.66. The second-order valence-electron chi connectivity index (χ2n) is 9.44. The summed E-state index contributed by atoms with van der Waals surface area (Å²) in [4.78, 5) is 27.3. The SMILES string of the molecule is Cc1ccc(C(=O)c2ccccc2[PH](=O)c2ccccc2C(=O)c2ccc(C)c(C)c2C)c(C)c1C. The smallest absolute Gasteiger partial charge is 0.194 e. The van der Waals surface area contributed by atoms with E-state index in [0.29, 0.717) is 32.9 Å². The molecule has 0 fully saturated rings. The fraction of sp³-hybridized carbons (Fsp3) is 0.188. The van der Waals surface area contributed by atoms with Gasteiger partial charge in [-0.1, -0.05) is 72.8 Å².